The summed E-state index contributed by atoms with van der Waals surface area (Å²) < 4.78 is 32.4. The lowest BCUT2D eigenvalue weighted by atomic mass is 10.2. The van der Waals surface area contributed by atoms with E-state index >= 15 is 0 Å². The maximum absolute atomic E-state index is 12.8. The van der Waals surface area contributed by atoms with Gasteiger partial charge in [0.2, 0.25) is 0 Å². The van der Waals surface area contributed by atoms with E-state index in [1.54, 1.807) is 24.3 Å². The molecule has 1 heterocycles. The van der Waals surface area contributed by atoms with Gasteiger partial charge in [0.15, 0.2) is 0 Å². The largest absolute Gasteiger partial charge is 0.489 e. The van der Waals surface area contributed by atoms with Crippen molar-refractivity contribution in [1.29, 1.82) is 0 Å². The van der Waals surface area contributed by atoms with Crippen molar-refractivity contribution < 1.29 is 13.2 Å². The van der Waals surface area contributed by atoms with Gasteiger partial charge in [-0.15, -0.1) is 0 Å². The van der Waals surface area contributed by atoms with Crippen LogP contribution < -0.4 is 14.8 Å². The zero-order valence-corrected chi connectivity index (χ0v) is 12.6. The van der Waals surface area contributed by atoms with E-state index in [9.17, 15) is 8.42 Å². The van der Waals surface area contributed by atoms with Crippen LogP contribution >= 0.6 is 11.6 Å². The van der Waals surface area contributed by atoms with Crippen LogP contribution in [0.1, 0.15) is 0 Å². The zero-order valence-electron chi connectivity index (χ0n) is 11.0. The Balaban J connectivity index is 2.12. The van der Waals surface area contributed by atoms with E-state index in [4.69, 9.17) is 22.1 Å². The molecule has 0 spiro atoms. The molecule has 0 radical (unpaired) electrons. The van der Waals surface area contributed by atoms with E-state index < -0.39 is 10.0 Å². The SMILES string of the molecule is Nc1ccc(S(=O)(=O)N2CCOc3ccccc32)c(Cl)c1. The molecule has 0 amide bonds. The van der Waals surface area contributed by atoms with Crippen LogP contribution in [-0.2, 0) is 10.0 Å². The lowest BCUT2D eigenvalue weighted by Crippen LogP contribution is -2.38. The summed E-state index contributed by atoms with van der Waals surface area (Å²) in [6.07, 6.45) is 0. The van der Waals surface area contributed by atoms with Crippen molar-refractivity contribution in [2.24, 2.45) is 0 Å². The van der Waals surface area contributed by atoms with Gasteiger partial charge in [-0.2, -0.15) is 0 Å². The van der Waals surface area contributed by atoms with Gasteiger partial charge in [0, 0.05) is 5.69 Å². The van der Waals surface area contributed by atoms with Crippen LogP contribution in [0.4, 0.5) is 11.4 Å². The minimum atomic E-state index is -3.76. The van der Waals surface area contributed by atoms with E-state index in [0.29, 0.717) is 23.7 Å². The number of para-hydroxylation sites is 2. The molecule has 5 nitrogen and oxygen atoms in total. The second-order valence-electron chi connectivity index (χ2n) is 4.58. The molecule has 2 aromatic carbocycles. The first-order valence-corrected chi connectivity index (χ1v) is 8.11. The summed E-state index contributed by atoms with van der Waals surface area (Å²) in [5, 5.41) is 0.110. The second kappa shape index (κ2) is 5.13. The normalized spacial score (nSPS) is 14.4. The Morgan fingerprint density at radius 1 is 1.19 bits per heavy atom. The number of hydrogen-bond acceptors (Lipinski definition) is 4. The number of nitrogen functional groups attached to an aromatic ring is 1. The quantitative estimate of drug-likeness (QED) is 0.861. The van der Waals surface area contributed by atoms with Crippen molar-refractivity contribution in [3.8, 4) is 5.75 Å². The molecule has 0 saturated heterocycles. The van der Waals surface area contributed by atoms with Crippen LogP contribution in [0.3, 0.4) is 0 Å². The van der Waals surface area contributed by atoms with Gasteiger partial charge >= 0.3 is 0 Å². The Labute approximate surface area is 127 Å². The van der Waals surface area contributed by atoms with Crippen LogP contribution in [-0.4, -0.2) is 21.6 Å². The van der Waals surface area contributed by atoms with E-state index in [1.165, 1.54) is 22.5 Å². The van der Waals surface area contributed by atoms with Crippen LogP contribution in [0.25, 0.3) is 0 Å². The molecule has 0 aliphatic carbocycles. The third-order valence-electron chi connectivity index (χ3n) is 3.21. The number of anilines is 2. The molecule has 0 aromatic heterocycles. The number of nitrogens with zero attached hydrogens (tertiary/aromatic N) is 1. The van der Waals surface area contributed by atoms with Gasteiger partial charge in [-0.1, -0.05) is 23.7 Å². The van der Waals surface area contributed by atoms with Crippen LogP contribution in [0.5, 0.6) is 5.75 Å². The van der Waals surface area contributed by atoms with Crippen molar-refractivity contribution >= 4 is 33.0 Å². The average Bonchev–Trinajstić information content (AvgIpc) is 2.46. The number of hydrogen-bond donors (Lipinski definition) is 1. The van der Waals surface area contributed by atoms with Gasteiger partial charge in [-0.25, -0.2) is 8.42 Å². The molecule has 3 rings (SSSR count). The van der Waals surface area contributed by atoms with Crippen molar-refractivity contribution in [2.75, 3.05) is 23.2 Å². The maximum atomic E-state index is 12.8. The summed E-state index contributed by atoms with van der Waals surface area (Å²) >= 11 is 6.04. The Hall–Kier alpha value is -1.92. The van der Waals surface area contributed by atoms with Gasteiger partial charge in [0.05, 0.1) is 17.3 Å². The van der Waals surface area contributed by atoms with Gasteiger partial charge in [-0.3, -0.25) is 4.31 Å². The summed E-state index contributed by atoms with van der Waals surface area (Å²) in [5.74, 6) is 0.541. The number of nitrogens with two attached hydrogens (primary N) is 1. The highest BCUT2D eigenvalue weighted by Gasteiger charge is 2.31. The molecule has 1 aliphatic rings. The number of rotatable bonds is 2. The van der Waals surface area contributed by atoms with Crippen LogP contribution in [0.2, 0.25) is 5.02 Å². The topological polar surface area (TPSA) is 72.6 Å². The third kappa shape index (κ3) is 2.41. The van der Waals surface area contributed by atoms with Crippen molar-refractivity contribution in [3.05, 3.63) is 47.5 Å². The molecule has 2 N–H and O–H groups in total. The minimum Gasteiger partial charge on any atom is -0.489 e. The van der Waals surface area contributed by atoms with Gasteiger partial charge in [-0.05, 0) is 30.3 Å². The monoisotopic (exact) mass is 324 g/mol. The average molecular weight is 325 g/mol. The zero-order chi connectivity index (χ0) is 15.0. The van der Waals surface area contributed by atoms with Gasteiger partial charge < -0.3 is 10.5 Å². The second-order valence-corrected chi connectivity index (χ2v) is 6.82. The van der Waals surface area contributed by atoms with Crippen molar-refractivity contribution in [2.45, 2.75) is 4.90 Å². The third-order valence-corrected chi connectivity index (χ3v) is 5.51. The first-order valence-electron chi connectivity index (χ1n) is 6.30. The number of fused-ring (bicyclic) bond motifs is 1. The highest BCUT2D eigenvalue weighted by molar-refractivity contribution is 7.93. The predicted molar refractivity (Wildman–Crippen MR) is 82.3 cm³/mol. The molecule has 0 fully saturated rings. The first kappa shape index (κ1) is 14.0. The molecule has 0 saturated carbocycles. The molecule has 110 valence electrons. The maximum Gasteiger partial charge on any atom is 0.266 e. The van der Waals surface area contributed by atoms with E-state index in [-0.39, 0.29) is 16.5 Å². The van der Waals surface area contributed by atoms with Gasteiger partial charge in [0.1, 0.15) is 17.3 Å². The summed E-state index contributed by atoms with van der Waals surface area (Å²) in [5.41, 5.74) is 6.54. The number of ether oxygens (including phenoxy) is 1. The summed E-state index contributed by atoms with van der Waals surface area (Å²) in [7, 11) is -3.76. The van der Waals surface area contributed by atoms with Gasteiger partial charge in [0.25, 0.3) is 10.0 Å². The Morgan fingerprint density at radius 3 is 2.71 bits per heavy atom. The highest BCUT2D eigenvalue weighted by Crippen LogP contribution is 2.36. The molecule has 7 heteroatoms. The summed E-state index contributed by atoms with van der Waals surface area (Å²) in [4.78, 5) is 0.0371. The number of sulfonamides is 1. The van der Waals surface area contributed by atoms with Crippen molar-refractivity contribution in [1.82, 2.24) is 0 Å². The van der Waals surface area contributed by atoms with E-state index in [2.05, 4.69) is 0 Å². The fourth-order valence-electron chi connectivity index (χ4n) is 2.24. The van der Waals surface area contributed by atoms with Crippen LogP contribution in [0, 0.1) is 0 Å². The molecule has 2 aromatic rings. The Morgan fingerprint density at radius 2 is 1.95 bits per heavy atom. The lowest BCUT2D eigenvalue weighted by molar-refractivity contribution is 0.316. The predicted octanol–water partition coefficient (Wildman–Crippen LogP) is 2.51. The molecular weight excluding hydrogens is 312 g/mol. The molecule has 0 atom stereocenters. The fourth-order valence-corrected chi connectivity index (χ4v) is 4.23. The Bertz CT molecular complexity index is 793. The molecule has 1 aliphatic heterocycles. The van der Waals surface area contributed by atoms with E-state index in [1.807, 2.05) is 0 Å². The van der Waals surface area contributed by atoms with Crippen LogP contribution in [0.15, 0.2) is 47.4 Å². The van der Waals surface area contributed by atoms with E-state index in [0.717, 1.165) is 0 Å². The highest BCUT2D eigenvalue weighted by atomic mass is 35.5. The molecule has 0 bridgehead atoms. The summed E-state index contributed by atoms with van der Waals surface area (Å²) in [6, 6.07) is 11.4. The smallest absolute Gasteiger partial charge is 0.266 e. The number of halogens is 1. The first-order chi connectivity index (χ1) is 10.00. The lowest BCUT2D eigenvalue weighted by Gasteiger charge is -2.30. The minimum absolute atomic E-state index is 0.0371. The fraction of sp³-hybridized carbons (Fsp3) is 0.143. The number of benzene rings is 2. The molecule has 0 unspecified atom stereocenters. The van der Waals surface area contributed by atoms with Crippen molar-refractivity contribution in [3.63, 3.8) is 0 Å². The molecule has 21 heavy (non-hydrogen) atoms. The standard InChI is InChI=1S/C14H13ClN2O3S/c15-11-9-10(16)5-6-14(11)21(18,19)17-7-8-20-13-4-2-1-3-12(13)17/h1-6,9H,7-8,16H2. The molecular formula is C14H13ClN2O3S. The Kier molecular flexibility index (Phi) is 3.43. The summed E-state index contributed by atoms with van der Waals surface area (Å²) in [6.45, 7) is 0.531.